The summed E-state index contributed by atoms with van der Waals surface area (Å²) in [5, 5.41) is 3.06. The van der Waals surface area contributed by atoms with Gasteiger partial charge in [-0.25, -0.2) is 0 Å². The minimum atomic E-state index is -0.106. The first-order valence-electron chi connectivity index (χ1n) is 7.60. The summed E-state index contributed by atoms with van der Waals surface area (Å²) < 4.78 is 5.60. The monoisotopic (exact) mass is 297 g/mol. The van der Waals surface area contributed by atoms with Crippen molar-refractivity contribution in [3.8, 4) is 5.75 Å². The fourth-order valence-corrected chi connectivity index (χ4v) is 2.37. The molecule has 0 fully saturated rings. The van der Waals surface area contributed by atoms with E-state index in [4.69, 9.17) is 4.74 Å². The molecule has 2 rings (SSSR count). The topological polar surface area (TPSA) is 38.3 Å². The molecule has 1 amide bonds. The van der Waals surface area contributed by atoms with Crippen molar-refractivity contribution in [2.75, 3.05) is 6.61 Å². The highest BCUT2D eigenvalue weighted by atomic mass is 16.5. The first kappa shape index (κ1) is 16.1. The summed E-state index contributed by atoms with van der Waals surface area (Å²) >= 11 is 0. The van der Waals surface area contributed by atoms with Crippen LogP contribution in [0.2, 0.25) is 0 Å². The van der Waals surface area contributed by atoms with E-state index < -0.39 is 0 Å². The van der Waals surface area contributed by atoms with Gasteiger partial charge < -0.3 is 10.1 Å². The van der Waals surface area contributed by atoms with Gasteiger partial charge >= 0.3 is 0 Å². The number of para-hydroxylation sites is 1. The summed E-state index contributed by atoms with van der Waals surface area (Å²) in [6.45, 7) is 6.19. The smallest absolute Gasteiger partial charge is 0.258 e. The van der Waals surface area contributed by atoms with Crippen molar-refractivity contribution < 1.29 is 9.53 Å². The van der Waals surface area contributed by atoms with Crippen LogP contribution in [0.25, 0.3) is 0 Å². The molecule has 1 atom stereocenters. The molecule has 3 heteroatoms. The van der Waals surface area contributed by atoms with E-state index >= 15 is 0 Å². The Hall–Kier alpha value is -2.29. The zero-order valence-electron chi connectivity index (χ0n) is 13.4. The number of carbonyl (C=O) groups excluding carboxylic acids is 1. The highest BCUT2D eigenvalue weighted by molar-refractivity contribution is 5.78. The lowest BCUT2D eigenvalue weighted by Crippen LogP contribution is -2.35. The molecule has 0 aromatic heterocycles. The lowest BCUT2D eigenvalue weighted by atomic mass is 9.96. The van der Waals surface area contributed by atoms with Gasteiger partial charge in [-0.05, 0) is 30.0 Å². The Bertz CT molecular complexity index is 608. The van der Waals surface area contributed by atoms with Gasteiger partial charge in [0.05, 0.1) is 6.04 Å². The summed E-state index contributed by atoms with van der Waals surface area (Å²) in [6, 6.07) is 17.7. The van der Waals surface area contributed by atoms with Crippen molar-refractivity contribution in [1.82, 2.24) is 5.32 Å². The van der Waals surface area contributed by atoms with Crippen molar-refractivity contribution in [1.29, 1.82) is 0 Å². The zero-order valence-corrected chi connectivity index (χ0v) is 13.4. The average Bonchev–Trinajstić information content (AvgIpc) is 2.52. The van der Waals surface area contributed by atoms with Gasteiger partial charge in [0.1, 0.15) is 5.75 Å². The quantitative estimate of drug-likeness (QED) is 0.878. The number of benzene rings is 2. The number of amides is 1. The highest BCUT2D eigenvalue weighted by Gasteiger charge is 2.18. The van der Waals surface area contributed by atoms with Gasteiger partial charge in [0.2, 0.25) is 0 Å². The van der Waals surface area contributed by atoms with Gasteiger partial charge in [0.15, 0.2) is 6.61 Å². The van der Waals surface area contributed by atoms with Gasteiger partial charge in [-0.3, -0.25) is 4.79 Å². The van der Waals surface area contributed by atoms with Crippen LogP contribution in [0.15, 0.2) is 54.6 Å². The second-order valence-corrected chi connectivity index (χ2v) is 5.75. The number of aryl methyl sites for hydroxylation is 1. The molecule has 0 radical (unpaired) electrons. The van der Waals surface area contributed by atoms with Crippen LogP contribution in [-0.2, 0) is 4.79 Å². The first-order valence-corrected chi connectivity index (χ1v) is 7.60. The maximum Gasteiger partial charge on any atom is 0.258 e. The molecule has 0 aliphatic heterocycles. The van der Waals surface area contributed by atoms with E-state index in [0.717, 1.165) is 16.9 Å². The Labute approximate surface area is 132 Å². The van der Waals surface area contributed by atoms with E-state index in [1.165, 1.54) is 0 Å². The Morgan fingerprint density at radius 2 is 1.68 bits per heavy atom. The van der Waals surface area contributed by atoms with Crippen LogP contribution in [0.5, 0.6) is 5.75 Å². The van der Waals surface area contributed by atoms with E-state index in [9.17, 15) is 4.79 Å². The van der Waals surface area contributed by atoms with Crippen molar-refractivity contribution >= 4 is 5.91 Å². The van der Waals surface area contributed by atoms with Gasteiger partial charge in [0, 0.05) is 0 Å². The maximum absolute atomic E-state index is 12.2. The van der Waals surface area contributed by atoms with E-state index in [1.807, 2.05) is 61.5 Å². The predicted octanol–water partition coefficient (Wildman–Crippen LogP) is 3.89. The van der Waals surface area contributed by atoms with Gasteiger partial charge in [-0.15, -0.1) is 0 Å². The number of hydrogen-bond donors (Lipinski definition) is 1. The number of hydrogen-bond acceptors (Lipinski definition) is 2. The van der Waals surface area contributed by atoms with Crippen molar-refractivity contribution in [3.63, 3.8) is 0 Å². The predicted molar refractivity (Wildman–Crippen MR) is 88.8 cm³/mol. The summed E-state index contributed by atoms with van der Waals surface area (Å²) in [5.74, 6) is 0.953. The fraction of sp³-hybridized carbons (Fsp3) is 0.316. The lowest BCUT2D eigenvalue weighted by Gasteiger charge is -2.23. The van der Waals surface area contributed by atoms with Crippen molar-refractivity contribution in [2.24, 2.45) is 5.92 Å². The molecule has 1 N–H and O–H groups in total. The molecular weight excluding hydrogens is 274 g/mol. The van der Waals surface area contributed by atoms with Crippen molar-refractivity contribution in [2.45, 2.75) is 26.8 Å². The minimum absolute atomic E-state index is 0.00540. The summed E-state index contributed by atoms with van der Waals surface area (Å²) in [6.07, 6.45) is 0. The molecule has 0 aliphatic carbocycles. The molecule has 0 spiro atoms. The molecular formula is C19H23NO2. The van der Waals surface area contributed by atoms with Crippen LogP contribution in [0, 0.1) is 12.8 Å². The standard InChI is InChI=1S/C19H23NO2/c1-14(2)19(16-10-5-4-6-11-16)20-18(21)13-22-17-12-8-7-9-15(17)3/h4-12,14,19H,13H2,1-3H3,(H,20,21)/t19-/m0/s1. The molecule has 0 aliphatic rings. The molecule has 0 unspecified atom stereocenters. The van der Waals surface area contributed by atoms with Crippen LogP contribution in [0.1, 0.15) is 31.0 Å². The van der Waals surface area contributed by atoms with E-state index in [-0.39, 0.29) is 18.6 Å². The molecule has 22 heavy (non-hydrogen) atoms. The molecule has 0 bridgehead atoms. The van der Waals surface area contributed by atoms with Gasteiger partial charge in [0.25, 0.3) is 5.91 Å². The largest absolute Gasteiger partial charge is 0.484 e. The molecule has 3 nitrogen and oxygen atoms in total. The van der Waals surface area contributed by atoms with E-state index in [0.29, 0.717) is 5.92 Å². The SMILES string of the molecule is Cc1ccccc1OCC(=O)N[C@H](c1ccccc1)C(C)C. The zero-order chi connectivity index (χ0) is 15.9. The van der Waals surface area contributed by atoms with Gasteiger partial charge in [-0.1, -0.05) is 62.4 Å². The van der Waals surface area contributed by atoms with Crippen LogP contribution in [0.4, 0.5) is 0 Å². The molecule has 2 aromatic carbocycles. The Morgan fingerprint density at radius 1 is 1.05 bits per heavy atom. The molecule has 0 saturated carbocycles. The Morgan fingerprint density at radius 3 is 2.32 bits per heavy atom. The number of rotatable bonds is 6. The highest BCUT2D eigenvalue weighted by Crippen LogP contribution is 2.21. The molecule has 0 saturated heterocycles. The second kappa shape index (κ2) is 7.64. The van der Waals surface area contributed by atoms with Crippen LogP contribution in [-0.4, -0.2) is 12.5 Å². The third kappa shape index (κ3) is 4.35. The van der Waals surface area contributed by atoms with Crippen molar-refractivity contribution in [3.05, 3.63) is 65.7 Å². The normalized spacial score (nSPS) is 12.0. The number of carbonyl (C=O) groups is 1. The van der Waals surface area contributed by atoms with Crippen LogP contribution < -0.4 is 10.1 Å². The average molecular weight is 297 g/mol. The Kier molecular flexibility index (Phi) is 5.59. The first-order chi connectivity index (χ1) is 10.6. The molecule has 2 aromatic rings. The second-order valence-electron chi connectivity index (χ2n) is 5.75. The summed E-state index contributed by atoms with van der Waals surface area (Å²) in [4.78, 5) is 12.2. The number of ether oxygens (including phenoxy) is 1. The van der Waals surface area contributed by atoms with E-state index in [2.05, 4.69) is 19.2 Å². The van der Waals surface area contributed by atoms with Crippen LogP contribution >= 0.6 is 0 Å². The van der Waals surface area contributed by atoms with E-state index in [1.54, 1.807) is 0 Å². The maximum atomic E-state index is 12.2. The summed E-state index contributed by atoms with van der Waals surface area (Å²) in [5.41, 5.74) is 2.14. The molecule has 0 heterocycles. The van der Waals surface area contributed by atoms with Gasteiger partial charge in [-0.2, -0.15) is 0 Å². The third-order valence-corrected chi connectivity index (χ3v) is 3.59. The minimum Gasteiger partial charge on any atom is -0.484 e. The lowest BCUT2D eigenvalue weighted by molar-refractivity contribution is -0.124. The third-order valence-electron chi connectivity index (χ3n) is 3.59. The number of nitrogens with one attached hydrogen (secondary N) is 1. The Balaban J connectivity index is 1.96. The summed E-state index contributed by atoms with van der Waals surface area (Å²) in [7, 11) is 0. The molecule has 116 valence electrons. The van der Waals surface area contributed by atoms with Crippen LogP contribution in [0.3, 0.4) is 0 Å². The fourth-order valence-electron chi connectivity index (χ4n) is 2.37.